The van der Waals surface area contributed by atoms with Crippen molar-refractivity contribution in [2.45, 2.75) is 22.9 Å². The minimum absolute atomic E-state index is 0.0849. The fourth-order valence-electron chi connectivity index (χ4n) is 2.88. The van der Waals surface area contributed by atoms with E-state index in [0.717, 1.165) is 12.3 Å². The number of fused-ring (bicyclic) bond motifs is 1. The molecule has 0 aromatic heterocycles. The highest BCUT2D eigenvalue weighted by Gasteiger charge is 2.60. The number of carbonyl (C=O) groups excluding carboxylic acids is 1. The molecule has 0 spiro atoms. The summed E-state index contributed by atoms with van der Waals surface area (Å²) >= 11 is 2.45. The third-order valence-corrected chi connectivity index (χ3v) is 5.12. The fourth-order valence-corrected chi connectivity index (χ4v) is 4.15. The summed E-state index contributed by atoms with van der Waals surface area (Å²) in [6, 6.07) is 0. The average molecular weight is 264 g/mol. The molecule has 1 saturated heterocycles. The maximum absolute atomic E-state index is 11.2. The molecule has 2 aliphatic carbocycles. The van der Waals surface area contributed by atoms with E-state index in [4.69, 9.17) is 4.74 Å². The van der Waals surface area contributed by atoms with Gasteiger partial charge in [-0.15, -0.1) is 0 Å². The van der Waals surface area contributed by atoms with E-state index in [1.807, 2.05) is 0 Å². The zero-order chi connectivity index (χ0) is 7.59. The molecule has 0 aromatic carbocycles. The van der Waals surface area contributed by atoms with Gasteiger partial charge in [0.05, 0.1) is 9.84 Å². The fraction of sp³-hybridized carbons (Fsp3) is 0.875. The van der Waals surface area contributed by atoms with Crippen molar-refractivity contribution in [3.05, 3.63) is 0 Å². The van der Waals surface area contributed by atoms with Crippen molar-refractivity contribution in [3.8, 4) is 0 Å². The number of carbonyl (C=O) groups is 1. The van der Waals surface area contributed by atoms with Crippen molar-refractivity contribution in [1.82, 2.24) is 0 Å². The first-order valence-corrected chi connectivity index (χ1v) is 5.36. The second kappa shape index (κ2) is 1.92. The summed E-state index contributed by atoms with van der Waals surface area (Å²) in [5.74, 6) is 1.74. The monoisotopic (exact) mass is 264 g/mol. The molecule has 3 rings (SSSR count). The minimum Gasteiger partial charge on any atom is -0.461 e. The molecule has 1 heterocycles. The van der Waals surface area contributed by atoms with E-state index in [2.05, 4.69) is 22.6 Å². The Labute approximate surface area is 78.8 Å². The predicted octanol–water partition coefficient (Wildman–Crippen LogP) is 1.37. The van der Waals surface area contributed by atoms with E-state index >= 15 is 0 Å². The Morgan fingerprint density at radius 3 is 2.91 bits per heavy atom. The normalized spacial score (nSPS) is 58.6. The molecule has 0 radical (unpaired) electrons. The number of ether oxygens (including phenoxy) is 1. The maximum Gasteiger partial charge on any atom is 0.309 e. The second-order valence-corrected chi connectivity index (χ2v) is 5.29. The summed E-state index contributed by atoms with van der Waals surface area (Å²) < 4.78 is 5.92. The van der Waals surface area contributed by atoms with Gasteiger partial charge in [0.1, 0.15) is 6.10 Å². The third kappa shape index (κ3) is 0.661. The summed E-state index contributed by atoms with van der Waals surface area (Å²) in [7, 11) is 0. The largest absolute Gasteiger partial charge is 0.461 e. The van der Waals surface area contributed by atoms with Gasteiger partial charge in [-0.05, 0) is 18.8 Å². The molecule has 5 atom stereocenters. The molecule has 11 heavy (non-hydrogen) atoms. The van der Waals surface area contributed by atoms with Crippen LogP contribution in [0.25, 0.3) is 0 Å². The Balaban J connectivity index is 2.04. The van der Waals surface area contributed by atoms with E-state index in [0.29, 0.717) is 9.84 Å². The highest BCUT2D eigenvalue weighted by Crippen LogP contribution is 2.56. The van der Waals surface area contributed by atoms with Gasteiger partial charge in [0.2, 0.25) is 0 Å². The van der Waals surface area contributed by atoms with Crippen molar-refractivity contribution in [3.63, 3.8) is 0 Å². The predicted molar refractivity (Wildman–Crippen MR) is 47.4 cm³/mol. The second-order valence-electron chi connectivity index (χ2n) is 3.85. The van der Waals surface area contributed by atoms with Crippen LogP contribution in [0.3, 0.4) is 0 Å². The van der Waals surface area contributed by atoms with Gasteiger partial charge in [-0.3, -0.25) is 4.79 Å². The molecule has 0 unspecified atom stereocenters. The van der Waals surface area contributed by atoms with Crippen LogP contribution >= 0.6 is 22.6 Å². The van der Waals surface area contributed by atoms with Crippen molar-refractivity contribution in [2.24, 2.45) is 17.8 Å². The van der Waals surface area contributed by atoms with Gasteiger partial charge in [0.25, 0.3) is 0 Å². The van der Waals surface area contributed by atoms with Gasteiger partial charge in [-0.25, -0.2) is 0 Å². The molecule has 2 bridgehead atoms. The molecule has 3 fully saturated rings. The molecule has 2 saturated carbocycles. The Kier molecular flexibility index (Phi) is 1.17. The molecule has 0 amide bonds. The van der Waals surface area contributed by atoms with Crippen molar-refractivity contribution < 1.29 is 9.53 Å². The number of hydrogen-bond donors (Lipinski definition) is 0. The Hall–Kier alpha value is 0.200. The number of rotatable bonds is 0. The topological polar surface area (TPSA) is 26.3 Å². The third-order valence-electron chi connectivity index (χ3n) is 3.39. The Morgan fingerprint density at radius 1 is 1.45 bits per heavy atom. The van der Waals surface area contributed by atoms with Gasteiger partial charge in [0.15, 0.2) is 0 Å². The first kappa shape index (κ1) is 6.69. The molecule has 3 heteroatoms. The summed E-state index contributed by atoms with van der Waals surface area (Å²) in [5.41, 5.74) is 0. The SMILES string of the molecule is O=C1O[C@@H]2[C@@H](I)[C@@H]3C[C@@H]2[C@@H]1C3. The van der Waals surface area contributed by atoms with Crippen LogP contribution in [0, 0.1) is 17.8 Å². The summed E-state index contributed by atoms with van der Waals surface area (Å²) in [4.78, 5) is 11.2. The minimum atomic E-state index is 0.0849. The molecule has 60 valence electrons. The van der Waals surface area contributed by atoms with Crippen LogP contribution in [0.15, 0.2) is 0 Å². The molecule has 2 nitrogen and oxygen atoms in total. The molecule has 3 aliphatic rings. The maximum atomic E-state index is 11.2. The lowest BCUT2D eigenvalue weighted by atomic mass is 9.90. The van der Waals surface area contributed by atoms with Gasteiger partial charge < -0.3 is 4.74 Å². The first-order valence-electron chi connectivity index (χ1n) is 4.12. The molecule has 0 N–H and O–H groups in total. The lowest BCUT2D eigenvalue weighted by Gasteiger charge is -2.19. The van der Waals surface area contributed by atoms with Gasteiger partial charge in [-0.1, -0.05) is 22.6 Å². The van der Waals surface area contributed by atoms with Gasteiger partial charge in [-0.2, -0.15) is 0 Å². The van der Waals surface area contributed by atoms with E-state index in [1.165, 1.54) is 6.42 Å². The average Bonchev–Trinajstić information content (AvgIpc) is 2.53. The number of alkyl halides is 1. The van der Waals surface area contributed by atoms with Crippen LogP contribution in [0.2, 0.25) is 0 Å². The van der Waals surface area contributed by atoms with E-state index in [1.54, 1.807) is 0 Å². The molecule has 0 aromatic rings. The van der Waals surface area contributed by atoms with Crippen molar-refractivity contribution in [2.75, 3.05) is 0 Å². The van der Waals surface area contributed by atoms with Gasteiger partial charge >= 0.3 is 5.97 Å². The van der Waals surface area contributed by atoms with Crippen LogP contribution in [0.1, 0.15) is 12.8 Å². The van der Waals surface area contributed by atoms with Crippen LogP contribution < -0.4 is 0 Å². The molecule has 1 aliphatic heterocycles. The number of halogens is 1. The van der Waals surface area contributed by atoms with Crippen LogP contribution in [0.4, 0.5) is 0 Å². The summed E-state index contributed by atoms with van der Waals surface area (Å²) in [6.45, 7) is 0. The Morgan fingerprint density at radius 2 is 2.27 bits per heavy atom. The zero-order valence-electron chi connectivity index (χ0n) is 6.00. The van der Waals surface area contributed by atoms with Crippen molar-refractivity contribution in [1.29, 1.82) is 0 Å². The van der Waals surface area contributed by atoms with E-state index in [-0.39, 0.29) is 18.0 Å². The van der Waals surface area contributed by atoms with Crippen LogP contribution in [-0.2, 0) is 9.53 Å². The zero-order valence-corrected chi connectivity index (χ0v) is 8.15. The summed E-state index contributed by atoms with van der Waals surface area (Å²) in [6.07, 6.45) is 2.63. The highest BCUT2D eigenvalue weighted by molar-refractivity contribution is 14.1. The number of esters is 1. The Bertz CT molecular complexity index is 228. The van der Waals surface area contributed by atoms with Gasteiger partial charge in [0, 0.05) is 5.92 Å². The highest BCUT2D eigenvalue weighted by atomic mass is 127. The van der Waals surface area contributed by atoms with Crippen LogP contribution in [-0.4, -0.2) is 16.0 Å². The lowest BCUT2D eigenvalue weighted by molar-refractivity contribution is -0.143. The molecular formula is C8H9IO2. The smallest absolute Gasteiger partial charge is 0.309 e. The van der Waals surface area contributed by atoms with E-state index < -0.39 is 0 Å². The van der Waals surface area contributed by atoms with Crippen LogP contribution in [0.5, 0.6) is 0 Å². The number of hydrogen-bond acceptors (Lipinski definition) is 2. The quantitative estimate of drug-likeness (QED) is 0.375. The van der Waals surface area contributed by atoms with E-state index in [9.17, 15) is 4.79 Å². The lowest BCUT2D eigenvalue weighted by Crippen LogP contribution is -2.26. The summed E-state index contributed by atoms with van der Waals surface area (Å²) in [5, 5.41) is 0. The molecular weight excluding hydrogens is 255 g/mol. The first-order chi connectivity index (χ1) is 5.27. The van der Waals surface area contributed by atoms with Crippen molar-refractivity contribution >= 4 is 28.6 Å². The standard InChI is InChI=1S/C8H9IO2/c9-6-3-1-4-5(2-3)8(10)11-7(4)6/h3-7H,1-2H2/t3-,4-,5+,6+,7+/m1/s1.